The zero-order valence-corrected chi connectivity index (χ0v) is 12.2. The van der Waals surface area contributed by atoms with Crippen molar-refractivity contribution in [3.63, 3.8) is 0 Å². The quantitative estimate of drug-likeness (QED) is 0.862. The van der Waals surface area contributed by atoms with E-state index in [1.165, 1.54) is 10.6 Å². The largest absolute Gasteiger partial charge is 0.383 e. The number of alkyl halides is 1. The van der Waals surface area contributed by atoms with E-state index in [4.69, 9.17) is 17.3 Å². The van der Waals surface area contributed by atoms with Gasteiger partial charge in [-0.15, -0.1) is 23.4 Å². The number of hydrogen-bond acceptors (Lipinski definition) is 5. The van der Waals surface area contributed by atoms with Gasteiger partial charge < -0.3 is 10.6 Å². The molecule has 2 heterocycles. The zero-order chi connectivity index (χ0) is 13.1. The summed E-state index contributed by atoms with van der Waals surface area (Å²) >= 11 is 7.64. The second-order valence-corrected chi connectivity index (χ2v) is 5.66. The lowest BCUT2D eigenvalue weighted by molar-refractivity contribution is 0.402. The molecule has 0 aliphatic carbocycles. The molecule has 6 heteroatoms. The highest BCUT2D eigenvalue weighted by atomic mass is 35.5. The van der Waals surface area contributed by atoms with Crippen molar-refractivity contribution >= 4 is 29.2 Å². The van der Waals surface area contributed by atoms with Gasteiger partial charge in [-0.1, -0.05) is 0 Å². The van der Waals surface area contributed by atoms with Gasteiger partial charge >= 0.3 is 0 Å². The van der Waals surface area contributed by atoms with Gasteiger partial charge in [0.05, 0.1) is 5.88 Å². The average molecular weight is 285 g/mol. The maximum Gasteiger partial charge on any atom is 0.132 e. The minimum atomic E-state index is 0.575. The van der Waals surface area contributed by atoms with Crippen molar-refractivity contribution in [2.24, 2.45) is 0 Å². The van der Waals surface area contributed by atoms with E-state index in [1.807, 2.05) is 24.9 Å². The van der Waals surface area contributed by atoms with Crippen molar-refractivity contribution in [2.75, 3.05) is 17.5 Å². The third-order valence-corrected chi connectivity index (χ3v) is 4.45. The molecule has 4 nitrogen and oxygen atoms in total. The summed E-state index contributed by atoms with van der Waals surface area (Å²) in [6, 6.07) is 0. The molecule has 2 rings (SSSR count). The third kappa shape index (κ3) is 2.90. The second-order valence-electron chi connectivity index (χ2n) is 4.25. The van der Waals surface area contributed by atoms with E-state index in [-0.39, 0.29) is 0 Å². The molecule has 0 saturated carbocycles. The average Bonchev–Trinajstić information content (AvgIpc) is 2.66. The molecular weight excluding hydrogens is 268 g/mol. The summed E-state index contributed by atoms with van der Waals surface area (Å²) in [5.74, 6) is 2.91. The number of nitrogens with zero attached hydrogens (tertiary/aromatic N) is 3. The van der Waals surface area contributed by atoms with Crippen LogP contribution in [0.5, 0.6) is 0 Å². The van der Waals surface area contributed by atoms with Crippen LogP contribution in [0.4, 0.5) is 5.82 Å². The first-order valence-electron chi connectivity index (χ1n) is 5.83. The van der Waals surface area contributed by atoms with Crippen LogP contribution in [0.25, 0.3) is 0 Å². The summed E-state index contributed by atoms with van der Waals surface area (Å²) in [5.41, 5.74) is 8.19. The zero-order valence-electron chi connectivity index (χ0n) is 10.6. The van der Waals surface area contributed by atoms with E-state index in [9.17, 15) is 0 Å². The Morgan fingerprint density at radius 3 is 2.94 bits per heavy atom. The Kier molecular flexibility index (Phi) is 4.35. The molecule has 0 fully saturated rings. The lowest BCUT2D eigenvalue weighted by Crippen LogP contribution is -2.18. The molecule has 1 aliphatic rings. The Morgan fingerprint density at radius 1 is 1.50 bits per heavy atom. The van der Waals surface area contributed by atoms with Crippen LogP contribution < -0.4 is 5.73 Å². The lowest BCUT2D eigenvalue weighted by atomic mass is 10.2. The molecule has 2 N–H and O–H groups in total. The van der Waals surface area contributed by atoms with Gasteiger partial charge in [0.2, 0.25) is 0 Å². The van der Waals surface area contributed by atoms with Gasteiger partial charge in [-0.2, -0.15) is 0 Å². The topological polar surface area (TPSA) is 55.0 Å². The number of rotatable bonds is 4. The van der Waals surface area contributed by atoms with Crippen LogP contribution >= 0.6 is 23.4 Å². The SMILES string of the molecule is CC1=C(CCCl)SCN1Cc1cnc(C)nc1N. The number of anilines is 1. The molecule has 1 aromatic rings. The van der Waals surface area contributed by atoms with Crippen molar-refractivity contribution in [1.82, 2.24) is 14.9 Å². The Morgan fingerprint density at radius 2 is 2.28 bits per heavy atom. The number of hydrogen-bond donors (Lipinski definition) is 1. The van der Waals surface area contributed by atoms with E-state index in [0.717, 1.165) is 24.4 Å². The molecule has 98 valence electrons. The Balaban J connectivity index is 2.11. The van der Waals surface area contributed by atoms with E-state index in [2.05, 4.69) is 21.8 Å². The lowest BCUT2D eigenvalue weighted by Gasteiger charge is -2.19. The van der Waals surface area contributed by atoms with Gasteiger partial charge in [0, 0.05) is 34.8 Å². The van der Waals surface area contributed by atoms with Crippen LogP contribution in [0.2, 0.25) is 0 Å². The number of allylic oxidation sites excluding steroid dienone is 2. The summed E-state index contributed by atoms with van der Waals surface area (Å²) in [5, 5.41) is 0. The van der Waals surface area contributed by atoms with Crippen molar-refractivity contribution in [3.8, 4) is 0 Å². The van der Waals surface area contributed by atoms with Gasteiger partial charge in [0.1, 0.15) is 11.6 Å². The number of nitrogen functional groups attached to an aromatic ring is 1. The molecule has 0 saturated heterocycles. The van der Waals surface area contributed by atoms with Crippen molar-refractivity contribution < 1.29 is 0 Å². The first-order valence-corrected chi connectivity index (χ1v) is 7.35. The van der Waals surface area contributed by atoms with Crippen molar-refractivity contribution in [3.05, 3.63) is 28.2 Å². The highest BCUT2D eigenvalue weighted by Crippen LogP contribution is 2.35. The number of thioether (sulfide) groups is 1. The normalized spacial score (nSPS) is 15.6. The summed E-state index contributed by atoms with van der Waals surface area (Å²) in [6.07, 6.45) is 2.75. The maximum absolute atomic E-state index is 5.92. The van der Waals surface area contributed by atoms with Crippen molar-refractivity contribution in [1.29, 1.82) is 0 Å². The van der Waals surface area contributed by atoms with Crippen LogP contribution in [0.1, 0.15) is 24.7 Å². The van der Waals surface area contributed by atoms with Crippen molar-refractivity contribution in [2.45, 2.75) is 26.8 Å². The Labute approximate surface area is 117 Å². The number of aromatic nitrogens is 2. The van der Waals surface area contributed by atoms with Gasteiger partial charge in [0.15, 0.2) is 0 Å². The van der Waals surface area contributed by atoms with E-state index in [1.54, 1.807) is 0 Å². The fourth-order valence-electron chi connectivity index (χ4n) is 1.88. The molecule has 0 amide bonds. The van der Waals surface area contributed by atoms with Crippen LogP contribution in [-0.2, 0) is 6.54 Å². The molecule has 0 unspecified atom stereocenters. The predicted octanol–water partition coefficient (Wildman–Crippen LogP) is 2.73. The van der Waals surface area contributed by atoms with Gasteiger partial charge in [-0.3, -0.25) is 0 Å². The number of aryl methyl sites for hydroxylation is 1. The highest BCUT2D eigenvalue weighted by molar-refractivity contribution is 8.03. The molecule has 0 spiro atoms. The van der Waals surface area contributed by atoms with Crippen LogP contribution in [0.3, 0.4) is 0 Å². The molecule has 0 radical (unpaired) electrons. The summed E-state index contributed by atoms with van der Waals surface area (Å²) in [6.45, 7) is 4.74. The van der Waals surface area contributed by atoms with Gasteiger partial charge in [-0.05, 0) is 20.3 Å². The van der Waals surface area contributed by atoms with Gasteiger partial charge in [0.25, 0.3) is 0 Å². The minimum absolute atomic E-state index is 0.575. The predicted molar refractivity (Wildman–Crippen MR) is 77.2 cm³/mol. The Hall–Kier alpha value is -0.940. The summed E-state index contributed by atoms with van der Waals surface area (Å²) in [7, 11) is 0. The van der Waals surface area contributed by atoms with Crippen LogP contribution in [0.15, 0.2) is 16.8 Å². The second kappa shape index (κ2) is 5.80. The van der Waals surface area contributed by atoms with E-state index < -0.39 is 0 Å². The summed E-state index contributed by atoms with van der Waals surface area (Å²) in [4.78, 5) is 12.1. The molecule has 0 aromatic carbocycles. The molecular formula is C12H17ClN4S. The molecule has 1 aliphatic heterocycles. The fraction of sp³-hybridized carbons (Fsp3) is 0.500. The Bertz CT molecular complexity index is 475. The molecule has 0 bridgehead atoms. The smallest absolute Gasteiger partial charge is 0.132 e. The fourth-order valence-corrected chi connectivity index (χ4v) is 3.36. The standard InChI is InChI=1S/C12H17ClN4S/c1-8-11(3-4-13)18-7-17(8)6-10-5-15-9(2)16-12(10)14/h5H,3-4,6-7H2,1-2H3,(H2,14,15,16). The van der Waals surface area contributed by atoms with E-state index in [0.29, 0.717) is 17.5 Å². The molecule has 1 aromatic heterocycles. The minimum Gasteiger partial charge on any atom is -0.383 e. The van der Waals surface area contributed by atoms with E-state index >= 15 is 0 Å². The van der Waals surface area contributed by atoms with Crippen LogP contribution in [0, 0.1) is 6.92 Å². The third-order valence-electron chi connectivity index (χ3n) is 2.97. The highest BCUT2D eigenvalue weighted by Gasteiger charge is 2.20. The molecule has 0 atom stereocenters. The van der Waals surface area contributed by atoms with Gasteiger partial charge in [-0.25, -0.2) is 9.97 Å². The summed E-state index contributed by atoms with van der Waals surface area (Å²) < 4.78 is 0. The molecule has 18 heavy (non-hydrogen) atoms. The first-order chi connectivity index (χ1) is 8.61. The number of nitrogens with two attached hydrogens (primary N) is 1. The number of halogens is 1. The first kappa shape index (κ1) is 13.5. The monoisotopic (exact) mass is 284 g/mol. The maximum atomic E-state index is 5.92. The van der Waals surface area contributed by atoms with Crippen LogP contribution in [-0.4, -0.2) is 26.6 Å².